The van der Waals surface area contributed by atoms with Gasteiger partial charge in [-0.2, -0.15) is 0 Å². The van der Waals surface area contributed by atoms with Crippen LogP contribution in [0.15, 0.2) is 12.2 Å². The van der Waals surface area contributed by atoms with Gasteiger partial charge in [0, 0.05) is 0 Å². The fourth-order valence-corrected chi connectivity index (χ4v) is 2.10. The normalized spacial score (nSPS) is 46.2. The van der Waals surface area contributed by atoms with Gasteiger partial charge in [-0.25, -0.2) is 5.11 Å². The molecule has 2 aliphatic rings. The highest BCUT2D eigenvalue weighted by Gasteiger charge is 2.54. The third kappa shape index (κ3) is 1.41. The number of rotatable bonds is 2. The van der Waals surface area contributed by atoms with Crippen LogP contribution < -0.4 is 0 Å². The summed E-state index contributed by atoms with van der Waals surface area (Å²) in [7, 11) is 0. The molecule has 0 bridgehead atoms. The van der Waals surface area contributed by atoms with Gasteiger partial charge in [0.1, 0.15) is 6.61 Å². The van der Waals surface area contributed by atoms with Crippen molar-refractivity contribution in [3.05, 3.63) is 12.2 Å². The van der Waals surface area contributed by atoms with Gasteiger partial charge in [-0.05, 0) is 32.1 Å². The summed E-state index contributed by atoms with van der Waals surface area (Å²) in [5.41, 5.74) is 0.210. The number of epoxide rings is 1. The molecule has 12 heavy (non-hydrogen) atoms. The van der Waals surface area contributed by atoms with Crippen LogP contribution in [-0.2, 0) is 9.84 Å². The minimum atomic E-state index is -0.0840. The first-order valence-corrected chi connectivity index (χ1v) is 4.67. The lowest BCUT2D eigenvalue weighted by atomic mass is 9.83. The SMILES string of the molecule is CC12CCC(C=CC[O])CC1O2. The fraction of sp³-hybridized carbons (Fsp3) is 0.800. The van der Waals surface area contributed by atoms with Crippen molar-refractivity contribution in [1.29, 1.82) is 0 Å². The molecule has 1 saturated carbocycles. The molecule has 1 saturated heterocycles. The molecule has 1 aliphatic heterocycles. The van der Waals surface area contributed by atoms with Gasteiger partial charge >= 0.3 is 0 Å². The van der Waals surface area contributed by atoms with Crippen molar-refractivity contribution < 1.29 is 9.84 Å². The van der Waals surface area contributed by atoms with E-state index in [4.69, 9.17) is 4.74 Å². The van der Waals surface area contributed by atoms with E-state index in [-0.39, 0.29) is 12.2 Å². The monoisotopic (exact) mass is 167 g/mol. The predicted molar refractivity (Wildman–Crippen MR) is 45.3 cm³/mol. The fourth-order valence-electron chi connectivity index (χ4n) is 2.10. The predicted octanol–water partition coefficient (Wildman–Crippen LogP) is 1.93. The summed E-state index contributed by atoms with van der Waals surface area (Å²) < 4.78 is 5.56. The molecule has 0 aromatic carbocycles. The van der Waals surface area contributed by atoms with E-state index >= 15 is 0 Å². The van der Waals surface area contributed by atoms with Crippen LogP contribution >= 0.6 is 0 Å². The maximum atomic E-state index is 10.2. The first kappa shape index (κ1) is 8.27. The maximum absolute atomic E-state index is 10.2. The quantitative estimate of drug-likeness (QED) is 0.457. The summed E-state index contributed by atoms with van der Waals surface area (Å²) in [4.78, 5) is 0. The third-order valence-corrected chi connectivity index (χ3v) is 3.07. The van der Waals surface area contributed by atoms with Gasteiger partial charge in [0.25, 0.3) is 0 Å². The van der Waals surface area contributed by atoms with Crippen molar-refractivity contribution in [2.45, 2.75) is 37.9 Å². The van der Waals surface area contributed by atoms with E-state index in [0.29, 0.717) is 12.0 Å². The molecule has 2 fully saturated rings. The van der Waals surface area contributed by atoms with Crippen LogP contribution in [0.5, 0.6) is 0 Å². The second-order valence-electron chi connectivity index (χ2n) is 4.05. The second kappa shape index (κ2) is 2.86. The molecule has 1 radical (unpaired) electrons. The van der Waals surface area contributed by atoms with E-state index in [1.54, 1.807) is 6.08 Å². The van der Waals surface area contributed by atoms with Crippen LogP contribution in [-0.4, -0.2) is 18.3 Å². The topological polar surface area (TPSA) is 32.4 Å². The number of hydrogen-bond donors (Lipinski definition) is 0. The highest BCUT2D eigenvalue weighted by molar-refractivity contribution is 5.07. The molecule has 2 heteroatoms. The Hall–Kier alpha value is -0.340. The van der Waals surface area contributed by atoms with Crippen molar-refractivity contribution in [1.82, 2.24) is 0 Å². The Kier molecular flexibility index (Phi) is 1.97. The van der Waals surface area contributed by atoms with E-state index in [2.05, 4.69) is 13.0 Å². The molecule has 0 aromatic rings. The number of hydrogen-bond acceptors (Lipinski definition) is 1. The zero-order chi connectivity index (χ0) is 8.60. The zero-order valence-corrected chi connectivity index (χ0v) is 7.45. The molecule has 0 amide bonds. The molecule has 0 spiro atoms. The Morgan fingerprint density at radius 3 is 3.17 bits per heavy atom. The zero-order valence-electron chi connectivity index (χ0n) is 7.45. The average Bonchev–Trinajstić information content (AvgIpc) is 2.72. The number of ether oxygens (including phenoxy) is 1. The van der Waals surface area contributed by atoms with E-state index < -0.39 is 0 Å². The summed E-state index contributed by atoms with van der Waals surface area (Å²) in [6.45, 7) is 2.10. The van der Waals surface area contributed by atoms with Gasteiger partial charge in [0.05, 0.1) is 11.7 Å². The van der Waals surface area contributed by atoms with Crippen LogP contribution in [0, 0.1) is 5.92 Å². The number of allylic oxidation sites excluding steroid dienone is 1. The second-order valence-corrected chi connectivity index (χ2v) is 4.05. The van der Waals surface area contributed by atoms with Crippen molar-refractivity contribution in [3.8, 4) is 0 Å². The van der Waals surface area contributed by atoms with E-state index in [9.17, 15) is 5.11 Å². The molecule has 2 rings (SSSR count). The smallest absolute Gasteiger partial charge is 0.100 e. The molecule has 0 N–H and O–H groups in total. The van der Waals surface area contributed by atoms with Gasteiger partial charge in [-0.3, -0.25) is 0 Å². The minimum absolute atomic E-state index is 0.0840. The molecule has 0 aromatic heterocycles. The summed E-state index contributed by atoms with van der Waals surface area (Å²) >= 11 is 0. The Balaban J connectivity index is 1.85. The number of fused-ring (bicyclic) bond motifs is 1. The molecule has 1 heterocycles. The Morgan fingerprint density at radius 1 is 1.67 bits per heavy atom. The van der Waals surface area contributed by atoms with E-state index in [0.717, 1.165) is 12.8 Å². The lowest BCUT2D eigenvalue weighted by Crippen LogP contribution is -2.19. The van der Waals surface area contributed by atoms with Crippen LogP contribution in [0.2, 0.25) is 0 Å². The van der Waals surface area contributed by atoms with Gasteiger partial charge in [-0.1, -0.05) is 12.2 Å². The summed E-state index contributed by atoms with van der Waals surface area (Å²) in [5, 5.41) is 10.2. The van der Waals surface area contributed by atoms with E-state index in [1.807, 2.05) is 0 Å². The summed E-state index contributed by atoms with van der Waals surface area (Å²) in [6, 6.07) is 0. The first-order chi connectivity index (χ1) is 5.74. The summed E-state index contributed by atoms with van der Waals surface area (Å²) in [6.07, 6.45) is 7.74. The van der Waals surface area contributed by atoms with Gasteiger partial charge in [0.2, 0.25) is 0 Å². The molecule has 3 atom stereocenters. The lowest BCUT2D eigenvalue weighted by Gasteiger charge is -2.18. The Morgan fingerprint density at radius 2 is 2.50 bits per heavy atom. The van der Waals surface area contributed by atoms with Crippen LogP contribution in [0.4, 0.5) is 0 Å². The molecule has 1 aliphatic carbocycles. The highest BCUT2D eigenvalue weighted by atomic mass is 16.6. The van der Waals surface area contributed by atoms with Crippen molar-refractivity contribution in [2.24, 2.45) is 5.92 Å². The van der Waals surface area contributed by atoms with Gasteiger partial charge < -0.3 is 4.74 Å². The standard InChI is InChI=1S/C10H15O2/c1-10-5-4-8(3-2-6-11)7-9(10)12-10/h2-3,8-9H,4-7H2,1H3. The maximum Gasteiger partial charge on any atom is 0.100 e. The Bertz CT molecular complexity index is 200. The highest BCUT2D eigenvalue weighted by Crippen LogP contribution is 2.49. The Labute approximate surface area is 73.2 Å². The van der Waals surface area contributed by atoms with Gasteiger partial charge in [0.15, 0.2) is 0 Å². The largest absolute Gasteiger partial charge is 0.366 e. The van der Waals surface area contributed by atoms with Crippen LogP contribution in [0.25, 0.3) is 0 Å². The van der Waals surface area contributed by atoms with Crippen molar-refractivity contribution >= 4 is 0 Å². The molecule has 3 unspecified atom stereocenters. The van der Waals surface area contributed by atoms with Crippen LogP contribution in [0.1, 0.15) is 26.2 Å². The first-order valence-electron chi connectivity index (χ1n) is 4.67. The third-order valence-electron chi connectivity index (χ3n) is 3.07. The average molecular weight is 167 g/mol. The van der Waals surface area contributed by atoms with Gasteiger partial charge in [-0.15, -0.1) is 0 Å². The van der Waals surface area contributed by atoms with E-state index in [1.165, 1.54) is 6.42 Å². The van der Waals surface area contributed by atoms with Crippen LogP contribution in [0.3, 0.4) is 0 Å². The summed E-state index contributed by atoms with van der Waals surface area (Å²) in [5.74, 6) is 0.597. The lowest BCUT2D eigenvalue weighted by molar-refractivity contribution is 0.231. The molecule has 2 nitrogen and oxygen atoms in total. The minimum Gasteiger partial charge on any atom is -0.366 e. The van der Waals surface area contributed by atoms with Crippen molar-refractivity contribution in [3.63, 3.8) is 0 Å². The molecular weight excluding hydrogens is 152 g/mol. The molecular formula is C10H15O2. The van der Waals surface area contributed by atoms with Crippen molar-refractivity contribution in [2.75, 3.05) is 6.61 Å². The molecule has 67 valence electrons.